The van der Waals surface area contributed by atoms with Crippen molar-refractivity contribution in [1.82, 2.24) is 25.3 Å². The van der Waals surface area contributed by atoms with Crippen LogP contribution in [-0.4, -0.2) is 46.0 Å². The van der Waals surface area contributed by atoms with E-state index in [1.807, 2.05) is 0 Å². The summed E-state index contributed by atoms with van der Waals surface area (Å²) in [6.07, 6.45) is -2.57. The molecule has 7 nitrogen and oxygen atoms in total. The Morgan fingerprint density at radius 2 is 2.03 bits per heavy atom. The Morgan fingerprint density at radius 1 is 1.24 bits per heavy atom. The van der Waals surface area contributed by atoms with E-state index in [9.17, 15) is 13.2 Å². The molecule has 0 saturated carbocycles. The highest BCUT2D eigenvalue weighted by Crippen LogP contribution is 2.28. The third-order valence-electron chi connectivity index (χ3n) is 4.69. The number of pyridine rings is 1. The molecule has 1 aliphatic rings. The van der Waals surface area contributed by atoms with Crippen molar-refractivity contribution >= 4 is 32.9 Å². The van der Waals surface area contributed by atoms with Crippen LogP contribution in [0.3, 0.4) is 0 Å². The molecule has 1 aliphatic heterocycles. The highest BCUT2D eigenvalue weighted by Gasteiger charge is 2.31. The highest BCUT2D eigenvalue weighted by molar-refractivity contribution is 9.10. The van der Waals surface area contributed by atoms with Gasteiger partial charge >= 0.3 is 6.36 Å². The maximum absolute atomic E-state index is 12.5. The number of aromatic nitrogens is 4. The molecule has 2 N–H and O–H groups in total. The van der Waals surface area contributed by atoms with E-state index in [1.165, 1.54) is 22.9 Å². The number of alkyl halides is 3. The fourth-order valence-electron chi connectivity index (χ4n) is 3.27. The molecule has 4 rings (SSSR count). The van der Waals surface area contributed by atoms with Crippen molar-refractivity contribution in [3.63, 3.8) is 0 Å². The van der Waals surface area contributed by atoms with Gasteiger partial charge in [-0.1, -0.05) is 11.3 Å². The number of rotatable bonds is 5. The fraction of sp³-hybridized carbons (Fsp3) is 0.389. The predicted octanol–water partition coefficient (Wildman–Crippen LogP) is 3.89. The first kappa shape index (κ1) is 19.9. The van der Waals surface area contributed by atoms with E-state index < -0.39 is 6.36 Å². The number of fused-ring (bicyclic) bond motifs is 1. The first-order chi connectivity index (χ1) is 13.9. The summed E-state index contributed by atoms with van der Waals surface area (Å²) in [6.45, 7) is 2.80. The zero-order valence-electron chi connectivity index (χ0n) is 15.2. The van der Waals surface area contributed by atoms with E-state index in [0.717, 1.165) is 36.9 Å². The lowest BCUT2D eigenvalue weighted by molar-refractivity contribution is -0.274. The molecule has 1 saturated heterocycles. The summed E-state index contributed by atoms with van der Waals surface area (Å²) in [5.74, 6) is 0.863. The van der Waals surface area contributed by atoms with Gasteiger partial charge in [0.05, 0.1) is 10.2 Å². The molecule has 1 fully saturated rings. The van der Waals surface area contributed by atoms with Gasteiger partial charge in [0.15, 0.2) is 5.65 Å². The number of halogens is 4. The first-order valence-electron chi connectivity index (χ1n) is 9.12. The van der Waals surface area contributed by atoms with Gasteiger partial charge in [0.25, 0.3) is 0 Å². The van der Waals surface area contributed by atoms with E-state index in [-0.39, 0.29) is 5.75 Å². The van der Waals surface area contributed by atoms with Crippen LogP contribution >= 0.6 is 15.9 Å². The van der Waals surface area contributed by atoms with Gasteiger partial charge in [0, 0.05) is 12.6 Å². The molecule has 2 aromatic heterocycles. The van der Waals surface area contributed by atoms with Crippen LogP contribution in [0.15, 0.2) is 34.8 Å². The zero-order valence-corrected chi connectivity index (χ0v) is 16.8. The number of nitrogens with one attached hydrogen (secondary N) is 2. The van der Waals surface area contributed by atoms with E-state index in [0.29, 0.717) is 28.6 Å². The van der Waals surface area contributed by atoms with E-state index in [4.69, 9.17) is 0 Å². The molecule has 154 valence electrons. The maximum Gasteiger partial charge on any atom is 0.573 e. The van der Waals surface area contributed by atoms with Crippen LogP contribution < -0.4 is 15.4 Å². The Kier molecular flexibility index (Phi) is 5.59. The first-order valence-corrected chi connectivity index (χ1v) is 9.91. The molecule has 0 bridgehead atoms. The third-order valence-corrected chi connectivity index (χ3v) is 5.30. The van der Waals surface area contributed by atoms with E-state index in [1.54, 1.807) is 12.1 Å². The van der Waals surface area contributed by atoms with Gasteiger partial charge < -0.3 is 15.4 Å². The molecule has 0 aliphatic carbocycles. The highest BCUT2D eigenvalue weighted by atomic mass is 79.9. The van der Waals surface area contributed by atoms with Gasteiger partial charge in [-0.25, -0.2) is 4.98 Å². The second-order valence-electron chi connectivity index (χ2n) is 6.78. The minimum atomic E-state index is -4.77. The summed E-state index contributed by atoms with van der Waals surface area (Å²) in [4.78, 5) is 4.60. The second kappa shape index (κ2) is 8.15. The molecule has 0 radical (unpaired) electrons. The molecule has 1 aromatic carbocycles. The van der Waals surface area contributed by atoms with Crippen molar-refractivity contribution in [3.05, 3.63) is 34.8 Å². The number of hydrogen-bond donors (Lipinski definition) is 2. The summed E-state index contributed by atoms with van der Waals surface area (Å²) in [5.41, 5.74) is 1.32. The SMILES string of the molecule is FC(F)(F)Oc1cccc(-n2nnc3cc(Br)c(NCC4CCNCC4)nc32)c1. The fourth-order valence-corrected chi connectivity index (χ4v) is 3.72. The van der Waals surface area contributed by atoms with Crippen LogP contribution in [0.4, 0.5) is 19.0 Å². The number of piperidine rings is 1. The smallest absolute Gasteiger partial charge is 0.406 e. The molecule has 0 unspecified atom stereocenters. The summed E-state index contributed by atoms with van der Waals surface area (Å²) in [6, 6.07) is 7.33. The third kappa shape index (κ3) is 4.78. The van der Waals surface area contributed by atoms with Crippen LogP contribution in [0.5, 0.6) is 5.75 Å². The van der Waals surface area contributed by atoms with Crippen molar-refractivity contribution in [2.24, 2.45) is 5.92 Å². The Bertz CT molecular complexity index is 1000. The maximum atomic E-state index is 12.5. The lowest BCUT2D eigenvalue weighted by Crippen LogP contribution is -2.31. The number of hydrogen-bond acceptors (Lipinski definition) is 6. The quantitative estimate of drug-likeness (QED) is 0.588. The minimum Gasteiger partial charge on any atom is -0.406 e. The van der Waals surface area contributed by atoms with Gasteiger partial charge in [-0.05, 0) is 66.0 Å². The summed E-state index contributed by atoms with van der Waals surface area (Å²) in [7, 11) is 0. The number of benzene rings is 1. The summed E-state index contributed by atoms with van der Waals surface area (Å²) in [5, 5.41) is 14.8. The molecule has 0 spiro atoms. The standard InChI is InChI=1S/C18H18BrF3N6O/c19-14-9-15-17(25-16(14)24-10-11-4-6-23-7-5-11)28(27-26-15)12-2-1-3-13(8-12)29-18(20,21)22/h1-3,8-9,11,23H,4-7,10H2,(H,24,25). The second-order valence-corrected chi connectivity index (χ2v) is 7.64. The van der Waals surface area contributed by atoms with E-state index in [2.05, 4.69) is 46.6 Å². The Labute approximate surface area is 172 Å². The van der Waals surface area contributed by atoms with Gasteiger partial charge in [0.1, 0.15) is 17.1 Å². The normalized spacial score (nSPS) is 15.6. The van der Waals surface area contributed by atoms with Crippen molar-refractivity contribution in [2.75, 3.05) is 25.0 Å². The minimum absolute atomic E-state index is 0.333. The lowest BCUT2D eigenvalue weighted by Gasteiger charge is -2.23. The lowest BCUT2D eigenvalue weighted by atomic mass is 9.98. The van der Waals surface area contributed by atoms with Crippen molar-refractivity contribution < 1.29 is 17.9 Å². The molecular formula is C18H18BrF3N6O. The number of nitrogens with zero attached hydrogens (tertiary/aromatic N) is 4. The molecule has 29 heavy (non-hydrogen) atoms. The molecule has 3 heterocycles. The largest absolute Gasteiger partial charge is 0.573 e. The molecule has 11 heteroatoms. The number of ether oxygens (including phenoxy) is 1. The van der Waals surface area contributed by atoms with Gasteiger partial charge in [-0.3, -0.25) is 0 Å². The molecular weight excluding hydrogens is 453 g/mol. The van der Waals surface area contributed by atoms with Crippen LogP contribution in [0, 0.1) is 5.92 Å². The van der Waals surface area contributed by atoms with Crippen LogP contribution in [0.1, 0.15) is 12.8 Å². The molecule has 0 atom stereocenters. The predicted molar refractivity (Wildman–Crippen MR) is 105 cm³/mol. The monoisotopic (exact) mass is 470 g/mol. The topological polar surface area (TPSA) is 76.9 Å². The average Bonchev–Trinajstić information content (AvgIpc) is 3.08. The molecule has 0 amide bonds. The Morgan fingerprint density at radius 3 is 2.79 bits per heavy atom. The van der Waals surface area contributed by atoms with Crippen LogP contribution in [-0.2, 0) is 0 Å². The average molecular weight is 471 g/mol. The van der Waals surface area contributed by atoms with E-state index >= 15 is 0 Å². The van der Waals surface area contributed by atoms with Gasteiger partial charge in [-0.15, -0.1) is 18.3 Å². The van der Waals surface area contributed by atoms with Crippen LogP contribution in [0.25, 0.3) is 16.9 Å². The zero-order chi connectivity index (χ0) is 20.4. The Hall–Kier alpha value is -2.40. The van der Waals surface area contributed by atoms with Crippen molar-refractivity contribution in [1.29, 1.82) is 0 Å². The Balaban J connectivity index is 1.61. The van der Waals surface area contributed by atoms with Crippen molar-refractivity contribution in [2.45, 2.75) is 19.2 Å². The summed E-state index contributed by atoms with van der Waals surface area (Å²) < 4.78 is 43.7. The van der Waals surface area contributed by atoms with Gasteiger partial charge in [-0.2, -0.15) is 4.68 Å². The van der Waals surface area contributed by atoms with Gasteiger partial charge in [0.2, 0.25) is 0 Å². The van der Waals surface area contributed by atoms with Crippen molar-refractivity contribution in [3.8, 4) is 11.4 Å². The van der Waals surface area contributed by atoms with Crippen LogP contribution in [0.2, 0.25) is 0 Å². The number of anilines is 1. The summed E-state index contributed by atoms with van der Waals surface area (Å²) >= 11 is 3.49. The molecule has 3 aromatic rings.